The van der Waals surface area contributed by atoms with E-state index in [9.17, 15) is 14.9 Å². The number of nitro benzene ring substituents is 1. The van der Waals surface area contributed by atoms with Crippen molar-refractivity contribution in [3.05, 3.63) is 58.1 Å². The van der Waals surface area contributed by atoms with E-state index in [0.717, 1.165) is 11.8 Å². The SMILES string of the molecule is COc1ccc([N+](=O)[O-])c(Sc2cccc(C(=O)O)c2)c1. The zero-order chi connectivity index (χ0) is 15.4. The molecule has 2 aromatic carbocycles. The summed E-state index contributed by atoms with van der Waals surface area (Å²) in [5, 5.41) is 20.0. The van der Waals surface area contributed by atoms with Crippen molar-refractivity contribution in [3.8, 4) is 5.75 Å². The highest BCUT2D eigenvalue weighted by molar-refractivity contribution is 7.99. The van der Waals surface area contributed by atoms with E-state index in [1.54, 1.807) is 18.2 Å². The number of hydrogen-bond donors (Lipinski definition) is 1. The lowest BCUT2D eigenvalue weighted by molar-refractivity contribution is -0.387. The molecule has 2 aromatic rings. The molecule has 0 amide bonds. The minimum atomic E-state index is -1.04. The average Bonchev–Trinajstić information content (AvgIpc) is 2.47. The molecule has 0 atom stereocenters. The molecule has 0 unspecified atom stereocenters. The first-order valence-corrected chi connectivity index (χ1v) is 6.66. The molecule has 2 rings (SSSR count). The van der Waals surface area contributed by atoms with Crippen LogP contribution < -0.4 is 4.74 Å². The van der Waals surface area contributed by atoms with Crippen LogP contribution in [0.5, 0.6) is 5.75 Å². The average molecular weight is 305 g/mol. The van der Waals surface area contributed by atoms with Gasteiger partial charge in [-0.3, -0.25) is 10.1 Å². The number of nitrogens with zero attached hydrogens (tertiary/aromatic N) is 1. The normalized spacial score (nSPS) is 10.1. The maximum absolute atomic E-state index is 11.0. The Kier molecular flexibility index (Phi) is 4.44. The zero-order valence-electron chi connectivity index (χ0n) is 11.0. The fourth-order valence-corrected chi connectivity index (χ4v) is 2.68. The predicted octanol–water partition coefficient (Wildman–Crippen LogP) is 3.45. The second kappa shape index (κ2) is 6.27. The predicted molar refractivity (Wildman–Crippen MR) is 77.2 cm³/mol. The molecule has 0 aliphatic heterocycles. The van der Waals surface area contributed by atoms with Gasteiger partial charge in [-0.25, -0.2) is 4.79 Å². The quantitative estimate of drug-likeness (QED) is 0.672. The molecule has 21 heavy (non-hydrogen) atoms. The van der Waals surface area contributed by atoms with Crippen molar-refractivity contribution in [2.75, 3.05) is 7.11 Å². The fraction of sp³-hybridized carbons (Fsp3) is 0.0714. The number of methoxy groups -OCH3 is 1. The van der Waals surface area contributed by atoms with E-state index in [4.69, 9.17) is 9.84 Å². The van der Waals surface area contributed by atoms with Crippen LogP contribution >= 0.6 is 11.8 Å². The minimum absolute atomic E-state index is 0.0541. The lowest BCUT2D eigenvalue weighted by Crippen LogP contribution is -1.96. The van der Waals surface area contributed by atoms with Gasteiger partial charge in [0.15, 0.2) is 0 Å². The summed E-state index contributed by atoms with van der Waals surface area (Å²) in [5.74, 6) is -0.546. The molecule has 6 nitrogen and oxygen atoms in total. The summed E-state index contributed by atoms with van der Waals surface area (Å²) in [6.45, 7) is 0. The molecule has 0 spiro atoms. The highest BCUT2D eigenvalue weighted by Crippen LogP contribution is 2.37. The molecule has 0 radical (unpaired) electrons. The van der Waals surface area contributed by atoms with E-state index in [-0.39, 0.29) is 11.3 Å². The molecule has 0 saturated carbocycles. The van der Waals surface area contributed by atoms with Gasteiger partial charge in [0.2, 0.25) is 0 Å². The van der Waals surface area contributed by atoms with Crippen molar-refractivity contribution in [2.45, 2.75) is 9.79 Å². The topological polar surface area (TPSA) is 89.7 Å². The Morgan fingerprint density at radius 1 is 1.29 bits per heavy atom. The van der Waals surface area contributed by atoms with E-state index in [0.29, 0.717) is 15.5 Å². The van der Waals surface area contributed by atoms with Gasteiger partial charge < -0.3 is 9.84 Å². The molecular formula is C14H11NO5S. The highest BCUT2D eigenvalue weighted by Gasteiger charge is 2.16. The van der Waals surface area contributed by atoms with E-state index in [1.807, 2.05) is 0 Å². The fourth-order valence-electron chi connectivity index (χ4n) is 1.67. The van der Waals surface area contributed by atoms with E-state index in [1.165, 1.54) is 31.4 Å². The first-order chi connectivity index (χ1) is 10.0. The highest BCUT2D eigenvalue weighted by atomic mass is 32.2. The van der Waals surface area contributed by atoms with Gasteiger partial charge in [0.1, 0.15) is 5.75 Å². The van der Waals surface area contributed by atoms with Gasteiger partial charge in [-0.15, -0.1) is 0 Å². The molecule has 0 heterocycles. The summed E-state index contributed by atoms with van der Waals surface area (Å²) in [4.78, 5) is 22.5. The molecular weight excluding hydrogens is 294 g/mol. The van der Waals surface area contributed by atoms with Gasteiger partial charge in [0, 0.05) is 17.0 Å². The van der Waals surface area contributed by atoms with Crippen molar-refractivity contribution in [1.29, 1.82) is 0 Å². The smallest absolute Gasteiger partial charge is 0.335 e. The van der Waals surface area contributed by atoms with Gasteiger partial charge in [0.25, 0.3) is 5.69 Å². The van der Waals surface area contributed by atoms with Crippen LogP contribution in [0.4, 0.5) is 5.69 Å². The van der Waals surface area contributed by atoms with E-state index >= 15 is 0 Å². The number of ether oxygens (including phenoxy) is 1. The number of benzene rings is 2. The van der Waals surface area contributed by atoms with Gasteiger partial charge in [-0.05, 0) is 24.3 Å². The Hall–Kier alpha value is -2.54. The molecule has 108 valence electrons. The van der Waals surface area contributed by atoms with Crippen molar-refractivity contribution in [2.24, 2.45) is 0 Å². The Morgan fingerprint density at radius 2 is 2.05 bits per heavy atom. The second-order valence-corrected chi connectivity index (χ2v) is 5.14. The maximum atomic E-state index is 11.0. The number of nitro groups is 1. The largest absolute Gasteiger partial charge is 0.497 e. The minimum Gasteiger partial charge on any atom is -0.497 e. The Bertz CT molecular complexity index is 702. The summed E-state index contributed by atoms with van der Waals surface area (Å²) < 4.78 is 5.06. The Morgan fingerprint density at radius 3 is 2.67 bits per heavy atom. The molecule has 0 saturated heterocycles. The van der Waals surface area contributed by atoms with Crippen LogP contribution in [0.3, 0.4) is 0 Å². The summed E-state index contributed by atoms with van der Waals surface area (Å²) in [5.41, 5.74) is 0.0760. The van der Waals surface area contributed by atoms with Crippen molar-refractivity contribution in [1.82, 2.24) is 0 Å². The molecule has 0 fully saturated rings. The monoisotopic (exact) mass is 305 g/mol. The third kappa shape index (κ3) is 3.51. The summed E-state index contributed by atoms with van der Waals surface area (Å²) in [6, 6.07) is 10.6. The summed E-state index contributed by atoms with van der Waals surface area (Å²) in [6.07, 6.45) is 0. The lowest BCUT2D eigenvalue weighted by atomic mass is 10.2. The van der Waals surface area contributed by atoms with Crippen LogP contribution in [0.25, 0.3) is 0 Å². The number of rotatable bonds is 5. The molecule has 0 aromatic heterocycles. The van der Waals surface area contributed by atoms with Gasteiger partial charge >= 0.3 is 5.97 Å². The molecule has 7 heteroatoms. The molecule has 0 aliphatic carbocycles. The lowest BCUT2D eigenvalue weighted by Gasteiger charge is -2.06. The van der Waals surface area contributed by atoms with E-state index < -0.39 is 10.9 Å². The first-order valence-electron chi connectivity index (χ1n) is 5.85. The summed E-state index contributed by atoms with van der Waals surface area (Å²) >= 11 is 1.12. The number of aromatic carboxylic acids is 1. The summed E-state index contributed by atoms with van der Waals surface area (Å²) in [7, 11) is 1.47. The van der Waals surface area contributed by atoms with E-state index in [2.05, 4.69) is 0 Å². The van der Waals surface area contributed by atoms with Crippen LogP contribution in [0.1, 0.15) is 10.4 Å². The molecule has 0 bridgehead atoms. The third-order valence-corrected chi connectivity index (χ3v) is 3.71. The second-order valence-electron chi connectivity index (χ2n) is 4.03. The van der Waals surface area contributed by atoms with Crippen LogP contribution in [0, 0.1) is 10.1 Å². The van der Waals surface area contributed by atoms with Gasteiger partial charge in [-0.1, -0.05) is 17.8 Å². The number of carboxylic acids is 1. The van der Waals surface area contributed by atoms with Crippen LogP contribution in [-0.4, -0.2) is 23.1 Å². The Balaban J connectivity index is 2.40. The number of hydrogen-bond acceptors (Lipinski definition) is 5. The van der Waals surface area contributed by atoms with Crippen LogP contribution in [-0.2, 0) is 0 Å². The van der Waals surface area contributed by atoms with Crippen LogP contribution in [0.15, 0.2) is 52.3 Å². The number of carbonyl (C=O) groups is 1. The van der Waals surface area contributed by atoms with Crippen molar-refractivity contribution in [3.63, 3.8) is 0 Å². The number of carboxylic acid groups (broad SMARTS) is 1. The standard InChI is InChI=1S/C14H11NO5S/c1-20-10-5-6-12(15(18)19)13(8-10)21-11-4-2-3-9(7-11)14(16)17/h2-8H,1H3,(H,16,17). The van der Waals surface area contributed by atoms with Gasteiger partial charge in [0.05, 0.1) is 22.5 Å². The van der Waals surface area contributed by atoms with Crippen LogP contribution in [0.2, 0.25) is 0 Å². The van der Waals surface area contributed by atoms with Crippen molar-refractivity contribution < 1.29 is 19.6 Å². The molecule has 0 aliphatic rings. The molecule has 1 N–H and O–H groups in total. The first kappa shape index (κ1) is 14.9. The third-order valence-electron chi connectivity index (χ3n) is 2.67. The maximum Gasteiger partial charge on any atom is 0.335 e. The zero-order valence-corrected chi connectivity index (χ0v) is 11.8. The Labute approximate surface area is 124 Å². The van der Waals surface area contributed by atoms with Crippen molar-refractivity contribution >= 4 is 23.4 Å². The van der Waals surface area contributed by atoms with Gasteiger partial charge in [-0.2, -0.15) is 0 Å².